The molecular weight excluding hydrogens is 476 g/mol. The van der Waals surface area contributed by atoms with Gasteiger partial charge in [0.2, 0.25) is 5.91 Å². The number of unbranched alkanes of at least 4 members (excludes halogenated alkanes) is 2. The lowest BCUT2D eigenvalue weighted by Crippen LogP contribution is -2.49. The van der Waals surface area contributed by atoms with E-state index in [1.54, 1.807) is 14.7 Å². The number of amides is 1. The lowest BCUT2D eigenvalue weighted by Gasteiger charge is -2.32. The second-order valence-electron chi connectivity index (χ2n) is 8.65. The summed E-state index contributed by atoms with van der Waals surface area (Å²) in [5.41, 5.74) is 8.27. The maximum atomic E-state index is 12.5. The van der Waals surface area contributed by atoms with E-state index in [1.165, 1.54) is 0 Å². The third-order valence-corrected chi connectivity index (χ3v) is 5.69. The van der Waals surface area contributed by atoms with Crippen LogP contribution in [-0.2, 0) is 19.2 Å². The smallest absolute Gasteiger partial charge is 0.317 e. The molecule has 1 heterocycles. The number of rotatable bonds is 14. The third-order valence-electron chi connectivity index (χ3n) is 5.69. The molecule has 36 heavy (non-hydrogen) atoms. The molecule has 0 saturated carbocycles. The minimum Gasteiger partial charge on any atom is -0.480 e. The van der Waals surface area contributed by atoms with Crippen molar-refractivity contribution >= 4 is 23.8 Å². The Labute approximate surface area is 210 Å². The van der Waals surface area contributed by atoms with Gasteiger partial charge in [-0.2, -0.15) is 0 Å². The summed E-state index contributed by atoms with van der Waals surface area (Å²) >= 11 is 0. The Morgan fingerprint density at radius 3 is 1.42 bits per heavy atom. The molecule has 1 aliphatic heterocycles. The Kier molecular flexibility index (Phi) is 15.8. The number of carboxylic acids is 3. The molecule has 1 saturated heterocycles. The van der Waals surface area contributed by atoms with Crippen molar-refractivity contribution in [1.82, 2.24) is 24.9 Å². The molecule has 204 valence electrons. The fraction of sp³-hybridized carbons (Fsp3) is 0.810. The first-order valence-corrected chi connectivity index (χ1v) is 12.0. The van der Waals surface area contributed by atoms with E-state index in [2.05, 4.69) is 15.3 Å². The van der Waals surface area contributed by atoms with Crippen molar-refractivity contribution in [2.45, 2.75) is 19.3 Å². The van der Waals surface area contributed by atoms with Crippen LogP contribution < -0.4 is 5.32 Å². The third kappa shape index (κ3) is 15.8. The summed E-state index contributed by atoms with van der Waals surface area (Å²) in [7, 11) is 0. The van der Waals surface area contributed by atoms with Crippen LogP contribution in [0, 0.1) is 0 Å². The molecule has 0 aromatic carbocycles. The van der Waals surface area contributed by atoms with Gasteiger partial charge in [-0.1, -0.05) is 11.5 Å². The molecule has 0 aromatic heterocycles. The first-order chi connectivity index (χ1) is 17.2. The maximum Gasteiger partial charge on any atom is 0.317 e. The highest BCUT2D eigenvalue weighted by molar-refractivity contribution is 5.78. The number of carboxylic acid groups (broad SMARTS) is 3. The van der Waals surface area contributed by atoms with Gasteiger partial charge in [-0.05, 0) is 18.4 Å². The van der Waals surface area contributed by atoms with E-state index in [4.69, 9.17) is 5.53 Å². The van der Waals surface area contributed by atoms with Crippen molar-refractivity contribution in [2.24, 2.45) is 5.11 Å². The predicted molar refractivity (Wildman–Crippen MR) is 130 cm³/mol. The van der Waals surface area contributed by atoms with E-state index < -0.39 is 17.9 Å². The summed E-state index contributed by atoms with van der Waals surface area (Å²) in [6.45, 7) is 3.17. The first kappa shape index (κ1) is 31.1. The van der Waals surface area contributed by atoms with Crippen LogP contribution >= 0.6 is 0 Å². The molecule has 1 fully saturated rings. The molecule has 0 bridgehead atoms. The zero-order valence-corrected chi connectivity index (χ0v) is 20.6. The predicted octanol–water partition coefficient (Wildman–Crippen LogP) is -0.941. The maximum absolute atomic E-state index is 12.5. The Balaban J connectivity index is 2.77. The molecule has 0 radical (unpaired) electrons. The van der Waals surface area contributed by atoms with Crippen LogP contribution in [0.1, 0.15) is 19.3 Å². The molecule has 0 atom stereocenters. The Hall–Kier alpha value is -2.97. The van der Waals surface area contributed by atoms with Gasteiger partial charge in [0.15, 0.2) is 0 Å². The van der Waals surface area contributed by atoms with E-state index >= 15 is 0 Å². The number of hydrogen-bond acceptors (Lipinski definition) is 9. The van der Waals surface area contributed by atoms with Gasteiger partial charge in [0.05, 0.1) is 26.2 Å². The van der Waals surface area contributed by atoms with Crippen molar-refractivity contribution in [2.75, 3.05) is 91.6 Å². The standard InChI is InChI=1S/C21H38N8O7/c22-25-24-5-3-1-2-4-23-18(30)14-26-6-8-27(15-19(31)32)10-12-29(17-21(35)36)13-11-28(9-7-26)16-20(33)34/h1-17H2,(H,23,30)(H,31,32)(H,33,34)(H,35,36). The van der Waals surface area contributed by atoms with E-state index in [0.717, 1.165) is 19.3 Å². The van der Waals surface area contributed by atoms with Crippen molar-refractivity contribution in [1.29, 1.82) is 0 Å². The second-order valence-corrected chi connectivity index (χ2v) is 8.65. The summed E-state index contributed by atoms with van der Waals surface area (Å²) in [5, 5.41) is 34.1. The van der Waals surface area contributed by atoms with Gasteiger partial charge in [-0.15, -0.1) is 0 Å². The SMILES string of the molecule is [N-]=[N+]=NCCCCCNC(=O)CN1CCN(CC(=O)O)CCN(CC(=O)O)CCN(CC(=O)O)CC1. The number of azide groups is 1. The zero-order valence-electron chi connectivity index (χ0n) is 20.6. The zero-order chi connectivity index (χ0) is 26.8. The van der Waals surface area contributed by atoms with Gasteiger partial charge in [0, 0.05) is 70.4 Å². The van der Waals surface area contributed by atoms with Crippen molar-refractivity contribution in [3.05, 3.63) is 10.4 Å². The first-order valence-electron chi connectivity index (χ1n) is 12.0. The van der Waals surface area contributed by atoms with E-state index in [1.807, 2.05) is 4.90 Å². The monoisotopic (exact) mass is 514 g/mol. The highest BCUT2D eigenvalue weighted by Gasteiger charge is 2.21. The van der Waals surface area contributed by atoms with Crippen LogP contribution in [0.3, 0.4) is 0 Å². The fourth-order valence-electron chi connectivity index (χ4n) is 3.80. The van der Waals surface area contributed by atoms with Crippen LogP contribution in [0.2, 0.25) is 0 Å². The number of aliphatic carboxylic acids is 3. The quantitative estimate of drug-likeness (QED) is 0.0963. The normalized spacial score (nSPS) is 17.3. The number of carbonyl (C=O) groups is 4. The van der Waals surface area contributed by atoms with Gasteiger partial charge < -0.3 is 20.6 Å². The fourth-order valence-corrected chi connectivity index (χ4v) is 3.80. The highest BCUT2D eigenvalue weighted by Crippen LogP contribution is 2.02. The van der Waals surface area contributed by atoms with Gasteiger partial charge >= 0.3 is 17.9 Å². The van der Waals surface area contributed by atoms with Gasteiger partial charge in [-0.3, -0.25) is 38.8 Å². The molecule has 15 nitrogen and oxygen atoms in total. The topological polar surface area (TPSA) is 203 Å². The van der Waals surface area contributed by atoms with E-state index in [0.29, 0.717) is 65.4 Å². The summed E-state index contributed by atoms with van der Waals surface area (Å²) in [6.07, 6.45) is 2.31. The summed E-state index contributed by atoms with van der Waals surface area (Å²) < 4.78 is 0. The van der Waals surface area contributed by atoms with Crippen LogP contribution in [0.4, 0.5) is 0 Å². The van der Waals surface area contributed by atoms with E-state index in [9.17, 15) is 34.5 Å². The largest absolute Gasteiger partial charge is 0.480 e. The van der Waals surface area contributed by atoms with Crippen molar-refractivity contribution in [3.63, 3.8) is 0 Å². The average molecular weight is 515 g/mol. The lowest BCUT2D eigenvalue weighted by atomic mass is 10.2. The molecule has 0 spiro atoms. The Morgan fingerprint density at radius 1 is 0.667 bits per heavy atom. The van der Waals surface area contributed by atoms with Crippen LogP contribution in [0.25, 0.3) is 10.4 Å². The van der Waals surface area contributed by atoms with Crippen LogP contribution in [-0.4, -0.2) is 150 Å². The van der Waals surface area contributed by atoms with Crippen LogP contribution in [0.15, 0.2) is 5.11 Å². The lowest BCUT2D eigenvalue weighted by molar-refractivity contribution is -0.140. The molecule has 1 rings (SSSR count). The molecular formula is C21H38N8O7. The molecule has 0 aromatic rings. The number of carbonyl (C=O) groups excluding carboxylic acids is 1. The highest BCUT2D eigenvalue weighted by atomic mass is 16.4. The van der Waals surface area contributed by atoms with Gasteiger partial charge in [0.1, 0.15) is 0 Å². The van der Waals surface area contributed by atoms with Crippen molar-refractivity contribution < 1.29 is 34.5 Å². The molecule has 15 heteroatoms. The minimum atomic E-state index is -1.01. The number of nitrogens with zero attached hydrogens (tertiary/aromatic N) is 7. The Bertz CT molecular complexity index is 731. The molecule has 1 amide bonds. The van der Waals surface area contributed by atoms with Crippen molar-refractivity contribution in [3.8, 4) is 0 Å². The van der Waals surface area contributed by atoms with Gasteiger partial charge in [-0.25, -0.2) is 0 Å². The van der Waals surface area contributed by atoms with E-state index in [-0.39, 0.29) is 32.1 Å². The number of nitrogens with one attached hydrogen (secondary N) is 1. The van der Waals surface area contributed by atoms with Crippen LogP contribution in [0.5, 0.6) is 0 Å². The molecule has 0 unspecified atom stereocenters. The second kappa shape index (κ2) is 18.3. The molecule has 4 N–H and O–H groups in total. The number of hydrogen-bond donors (Lipinski definition) is 4. The minimum absolute atomic E-state index is 0.0890. The van der Waals surface area contributed by atoms with Gasteiger partial charge in [0.25, 0.3) is 0 Å². The molecule has 1 aliphatic rings. The summed E-state index contributed by atoms with van der Waals surface area (Å²) in [6, 6.07) is 0. The summed E-state index contributed by atoms with van der Waals surface area (Å²) in [4.78, 5) is 56.0. The molecule has 0 aliphatic carbocycles. The average Bonchev–Trinajstić information content (AvgIpc) is 2.79. The summed E-state index contributed by atoms with van der Waals surface area (Å²) in [5.74, 6) is -3.18. The Morgan fingerprint density at radius 2 is 1.06 bits per heavy atom.